The molecule has 2 aliphatic rings. The van der Waals surface area contributed by atoms with Crippen LogP contribution in [0.25, 0.3) is 0 Å². The minimum absolute atomic E-state index is 0.0977. The number of carbonyl (C=O) groups excluding carboxylic acids is 1. The van der Waals surface area contributed by atoms with Crippen molar-refractivity contribution in [1.29, 1.82) is 0 Å². The summed E-state index contributed by atoms with van der Waals surface area (Å²) in [6, 6.07) is 12.8. The molecule has 1 unspecified atom stereocenters. The Hall–Kier alpha value is -2.24. The zero-order valence-electron chi connectivity index (χ0n) is 15.5. The van der Waals surface area contributed by atoms with Crippen molar-refractivity contribution in [3.63, 3.8) is 0 Å². The molecule has 144 valence electrons. The van der Waals surface area contributed by atoms with Crippen molar-refractivity contribution in [3.05, 3.63) is 65.5 Å². The number of Topliss-reactive ketones (excluding diaryl/α,β-unsaturated/α-hetero) is 1. The minimum atomic E-state index is -0.171. The average Bonchev–Trinajstić information content (AvgIpc) is 3.15. The van der Waals surface area contributed by atoms with Gasteiger partial charge < -0.3 is 10.2 Å². The number of halogens is 1. The zero-order valence-corrected chi connectivity index (χ0v) is 15.5. The number of hydrogen-bond donors (Lipinski definition) is 2. The lowest BCUT2D eigenvalue weighted by atomic mass is 10.0. The number of nitrogens with zero attached hydrogens (tertiary/aromatic N) is 1. The molecule has 1 aliphatic carbocycles. The second kappa shape index (κ2) is 8.63. The van der Waals surface area contributed by atoms with Crippen molar-refractivity contribution >= 4 is 5.78 Å². The number of likely N-dealkylation sites (tertiary alicyclic amines) is 1. The Morgan fingerprint density at radius 1 is 1.04 bits per heavy atom. The summed E-state index contributed by atoms with van der Waals surface area (Å²) in [5, 5.41) is 18.8. The molecule has 0 spiro atoms. The molecule has 0 amide bonds. The normalized spacial score (nSPS) is 24.2. The van der Waals surface area contributed by atoms with Gasteiger partial charge in [0.1, 0.15) is 11.6 Å². The van der Waals surface area contributed by atoms with E-state index in [1.165, 1.54) is 12.1 Å². The van der Waals surface area contributed by atoms with E-state index < -0.39 is 0 Å². The first kappa shape index (κ1) is 19.5. The van der Waals surface area contributed by atoms with Gasteiger partial charge in [0, 0.05) is 18.7 Å². The number of phenols is 1. The predicted molar refractivity (Wildman–Crippen MR) is 102 cm³/mol. The largest absolute Gasteiger partial charge is 0.508 e. The van der Waals surface area contributed by atoms with Crippen molar-refractivity contribution in [2.75, 3.05) is 19.6 Å². The van der Waals surface area contributed by atoms with Crippen LogP contribution < -0.4 is 0 Å². The van der Waals surface area contributed by atoms with E-state index in [0.717, 1.165) is 31.5 Å². The third-order valence-electron chi connectivity index (χ3n) is 5.37. The van der Waals surface area contributed by atoms with Crippen LogP contribution >= 0.6 is 0 Å². The van der Waals surface area contributed by atoms with Crippen molar-refractivity contribution < 1.29 is 19.4 Å². The minimum Gasteiger partial charge on any atom is -0.508 e. The molecule has 2 N–H and O–H groups in total. The van der Waals surface area contributed by atoms with Crippen LogP contribution in [0, 0.1) is 24.6 Å². The molecule has 0 bridgehead atoms. The van der Waals surface area contributed by atoms with Crippen LogP contribution in [0.4, 0.5) is 4.39 Å². The number of fused-ring (bicyclic) bond motifs is 1. The monoisotopic (exact) mass is 371 g/mol. The van der Waals surface area contributed by atoms with Crippen LogP contribution in [0.1, 0.15) is 28.8 Å². The van der Waals surface area contributed by atoms with Gasteiger partial charge in [-0.2, -0.15) is 0 Å². The first-order valence-corrected chi connectivity index (χ1v) is 9.35. The SMILES string of the molecule is Cc1ccc(F)cc1.O=C(CN1C[C@H]2CC(O)C[C@H]2C1)c1ccc(O)cc1. The number of aliphatic hydroxyl groups excluding tert-OH is 1. The van der Waals surface area contributed by atoms with Crippen LogP contribution in [0.15, 0.2) is 48.5 Å². The van der Waals surface area contributed by atoms with E-state index in [0.29, 0.717) is 23.9 Å². The lowest BCUT2D eigenvalue weighted by molar-refractivity contribution is 0.0935. The van der Waals surface area contributed by atoms with E-state index in [1.54, 1.807) is 36.4 Å². The predicted octanol–water partition coefficient (Wildman–Crippen LogP) is 3.41. The lowest BCUT2D eigenvalue weighted by Crippen LogP contribution is -2.29. The van der Waals surface area contributed by atoms with Gasteiger partial charge in [-0.15, -0.1) is 0 Å². The topological polar surface area (TPSA) is 60.8 Å². The highest BCUT2D eigenvalue weighted by Gasteiger charge is 2.40. The second-order valence-electron chi connectivity index (χ2n) is 7.61. The Morgan fingerprint density at radius 3 is 2.11 bits per heavy atom. The Labute approximate surface area is 159 Å². The van der Waals surface area contributed by atoms with Gasteiger partial charge >= 0.3 is 0 Å². The highest BCUT2D eigenvalue weighted by Crippen LogP contribution is 2.37. The standard InChI is InChI=1S/C15H19NO3.C7H7F/c17-13-3-1-10(2-4-13)15(19)9-16-7-11-5-14(18)6-12(11)8-16;1-6-2-4-7(8)5-3-6/h1-4,11-12,14,17-18H,5-9H2;2-5H,1H3/t11-,12+,14?;. The molecule has 2 aromatic carbocycles. The summed E-state index contributed by atoms with van der Waals surface area (Å²) in [7, 11) is 0. The first-order chi connectivity index (χ1) is 12.9. The van der Waals surface area contributed by atoms with Gasteiger partial charge in [0.2, 0.25) is 0 Å². The number of carbonyl (C=O) groups is 1. The Bertz CT molecular complexity index is 725. The molecule has 1 saturated heterocycles. The van der Waals surface area contributed by atoms with Gasteiger partial charge in [0.05, 0.1) is 12.6 Å². The molecule has 0 aromatic heterocycles. The van der Waals surface area contributed by atoms with Gasteiger partial charge in [0.25, 0.3) is 0 Å². The fourth-order valence-corrected chi connectivity index (χ4v) is 3.97. The molecule has 4 rings (SSSR count). The molecular formula is C22H26FNO3. The van der Waals surface area contributed by atoms with Crippen LogP contribution in [0.3, 0.4) is 0 Å². The van der Waals surface area contributed by atoms with Crippen molar-refractivity contribution in [1.82, 2.24) is 4.90 Å². The van der Waals surface area contributed by atoms with E-state index >= 15 is 0 Å². The van der Waals surface area contributed by atoms with Crippen molar-refractivity contribution in [2.45, 2.75) is 25.9 Å². The summed E-state index contributed by atoms with van der Waals surface area (Å²) in [6.07, 6.45) is 1.63. The number of hydrogen-bond acceptors (Lipinski definition) is 4. The maximum atomic E-state index is 12.1. The third kappa shape index (κ3) is 5.37. The fraction of sp³-hybridized carbons (Fsp3) is 0.409. The fourth-order valence-electron chi connectivity index (χ4n) is 3.97. The number of aromatic hydroxyl groups is 1. The number of phenolic OH excluding ortho intramolecular Hbond substituents is 1. The van der Waals surface area contributed by atoms with Crippen molar-refractivity contribution in [3.8, 4) is 5.75 Å². The summed E-state index contributed by atoms with van der Waals surface area (Å²) in [5.74, 6) is 1.22. The third-order valence-corrected chi connectivity index (χ3v) is 5.37. The summed E-state index contributed by atoms with van der Waals surface area (Å²) in [6.45, 7) is 4.21. The number of rotatable bonds is 3. The molecule has 1 aliphatic heterocycles. The van der Waals surface area contributed by atoms with Crippen molar-refractivity contribution in [2.24, 2.45) is 11.8 Å². The Morgan fingerprint density at radius 2 is 1.59 bits per heavy atom. The zero-order chi connectivity index (χ0) is 19.4. The molecule has 1 heterocycles. The van der Waals surface area contributed by atoms with Crippen LogP contribution in [-0.2, 0) is 0 Å². The van der Waals surface area contributed by atoms with Gasteiger partial charge in [-0.1, -0.05) is 17.7 Å². The van der Waals surface area contributed by atoms with Crippen LogP contribution in [0.2, 0.25) is 0 Å². The summed E-state index contributed by atoms with van der Waals surface area (Å²) in [5.41, 5.74) is 1.74. The summed E-state index contributed by atoms with van der Waals surface area (Å²) < 4.78 is 12.1. The van der Waals surface area contributed by atoms with E-state index in [2.05, 4.69) is 4.90 Å². The first-order valence-electron chi connectivity index (χ1n) is 9.35. The van der Waals surface area contributed by atoms with Gasteiger partial charge in [-0.3, -0.25) is 9.69 Å². The van der Waals surface area contributed by atoms with E-state index in [-0.39, 0.29) is 23.5 Å². The number of aryl methyl sites for hydroxylation is 1. The molecule has 3 atom stereocenters. The molecule has 1 saturated carbocycles. The molecule has 0 radical (unpaired) electrons. The maximum Gasteiger partial charge on any atom is 0.176 e. The molecule has 2 aromatic rings. The summed E-state index contributed by atoms with van der Waals surface area (Å²) >= 11 is 0. The number of benzene rings is 2. The highest BCUT2D eigenvalue weighted by molar-refractivity contribution is 5.97. The second-order valence-corrected chi connectivity index (χ2v) is 7.61. The van der Waals surface area contributed by atoms with Gasteiger partial charge in [0.15, 0.2) is 5.78 Å². The van der Waals surface area contributed by atoms with Crippen LogP contribution in [-0.4, -0.2) is 46.6 Å². The lowest BCUT2D eigenvalue weighted by Gasteiger charge is -2.16. The number of ketones is 1. The molecule has 27 heavy (non-hydrogen) atoms. The molecule has 2 fully saturated rings. The smallest absolute Gasteiger partial charge is 0.176 e. The van der Waals surface area contributed by atoms with E-state index in [4.69, 9.17) is 0 Å². The van der Waals surface area contributed by atoms with Gasteiger partial charge in [-0.05, 0) is 68.0 Å². The highest BCUT2D eigenvalue weighted by atomic mass is 19.1. The Balaban J connectivity index is 0.000000221. The summed E-state index contributed by atoms with van der Waals surface area (Å²) in [4.78, 5) is 14.3. The maximum absolute atomic E-state index is 12.1. The average molecular weight is 371 g/mol. The quantitative estimate of drug-likeness (QED) is 0.812. The molecule has 4 nitrogen and oxygen atoms in total. The van der Waals surface area contributed by atoms with E-state index in [9.17, 15) is 19.4 Å². The Kier molecular flexibility index (Phi) is 6.24. The number of aliphatic hydroxyl groups is 1. The van der Waals surface area contributed by atoms with E-state index in [1.807, 2.05) is 6.92 Å². The van der Waals surface area contributed by atoms with Crippen LogP contribution in [0.5, 0.6) is 5.75 Å². The van der Waals surface area contributed by atoms with Gasteiger partial charge in [-0.25, -0.2) is 4.39 Å². The molecule has 5 heteroatoms. The molecular weight excluding hydrogens is 345 g/mol.